The number of hydrogen-bond donors (Lipinski definition) is 1. The fourth-order valence-electron chi connectivity index (χ4n) is 0.343. The van der Waals surface area contributed by atoms with Crippen LogP contribution in [0.4, 0.5) is 0 Å². The summed E-state index contributed by atoms with van der Waals surface area (Å²) in [6.45, 7) is 0.188. The Hall–Kier alpha value is -0.200. The molecule has 6 heteroatoms. The maximum absolute atomic E-state index is 10.5. The lowest BCUT2D eigenvalue weighted by Gasteiger charge is -2.36. The lowest BCUT2D eigenvalue weighted by Crippen LogP contribution is -2.42. The average molecular weight is 163 g/mol. The lowest BCUT2D eigenvalue weighted by molar-refractivity contribution is 0.133. The first-order valence-electron chi connectivity index (χ1n) is 2.60. The second-order valence-corrected chi connectivity index (χ2v) is 2.31. The zero-order valence-electron chi connectivity index (χ0n) is 5.61. The third kappa shape index (κ3) is 5.93. The van der Waals surface area contributed by atoms with Crippen molar-refractivity contribution in [1.82, 2.24) is 15.9 Å². The Labute approximate surface area is 63.3 Å². The van der Waals surface area contributed by atoms with Gasteiger partial charge in [0.2, 0.25) is 0 Å². The van der Waals surface area contributed by atoms with Gasteiger partial charge >= 0.3 is 0 Å². The average Bonchev–Trinajstić information content (AvgIpc) is 1.82. The van der Waals surface area contributed by atoms with E-state index in [-0.39, 0.29) is 6.54 Å². The summed E-state index contributed by atoms with van der Waals surface area (Å²) < 4.78 is 0. The topological polar surface area (TPSA) is 64.6 Å². The summed E-state index contributed by atoms with van der Waals surface area (Å²) in [6.07, 6.45) is 0. The molecular weight excluding hydrogens is 154 g/mol. The summed E-state index contributed by atoms with van der Waals surface area (Å²) in [5.74, 6) is 0.490. The van der Waals surface area contributed by atoms with Crippen LogP contribution in [0, 0.1) is 16.1 Å². The van der Waals surface area contributed by atoms with Gasteiger partial charge in [0.1, 0.15) is 0 Å². The van der Waals surface area contributed by atoms with E-state index >= 15 is 0 Å². The third-order valence-electron chi connectivity index (χ3n) is 0.665. The highest BCUT2D eigenvalue weighted by atomic mass is 32.1. The highest BCUT2D eigenvalue weighted by Crippen LogP contribution is 1.83. The van der Waals surface area contributed by atoms with Crippen LogP contribution >= 0.6 is 11.2 Å². The Kier molecular flexibility index (Phi) is 5.46. The van der Waals surface area contributed by atoms with Gasteiger partial charge in [0.15, 0.2) is 0 Å². The van der Waals surface area contributed by atoms with Crippen molar-refractivity contribution in [2.45, 2.75) is 0 Å². The maximum atomic E-state index is 10.5. The van der Waals surface area contributed by atoms with Gasteiger partial charge in [-0.05, 0) is 7.05 Å². The minimum atomic E-state index is 0.188. The summed E-state index contributed by atoms with van der Waals surface area (Å²) in [4.78, 5) is 0. The number of hydrazine groups is 2. The van der Waals surface area contributed by atoms with Crippen molar-refractivity contribution >= 4 is 11.2 Å². The molecule has 5 nitrogen and oxygen atoms in total. The molecule has 0 atom stereocenters. The van der Waals surface area contributed by atoms with E-state index in [9.17, 15) is 10.4 Å². The van der Waals surface area contributed by atoms with Crippen LogP contribution in [0.25, 0.3) is 0 Å². The molecule has 0 aromatic rings. The van der Waals surface area contributed by atoms with Crippen LogP contribution in [0.2, 0.25) is 0 Å². The number of hydroxylamine groups is 2. The standard InChI is InChI=1S/C4H9N3O2S/c1-6(8)5-7(9)3-4-10-2/h2,5H,3-4H2,1H3/q-2. The molecule has 0 aliphatic carbocycles. The number of hydrogen-bond acceptors (Lipinski definition) is 5. The minimum Gasteiger partial charge on any atom is -0.771 e. The molecule has 0 aromatic heterocycles. The van der Waals surface area contributed by atoms with Crippen LogP contribution in [-0.2, 0) is 0 Å². The van der Waals surface area contributed by atoms with Crippen LogP contribution in [0.5, 0.6) is 0 Å². The number of rotatable bonds is 4. The highest BCUT2D eigenvalue weighted by molar-refractivity contribution is 7.88. The first-order valence-corrected chi connectivity index (χ1v) is 3.65. The molecule has 0 aromatic carbocycles. The molecule has 10 heavy (non-hydrogen) atoms. The van der Waals surface area contributed by atoms with Crippen molar-refractivity contribution < 1.29 is 0 Å². The van der Waals surface area contributed by atoms with Crippen LogP contribution in [0.3, 0.4) is 0 Å². The van der Waals surface area contributed by atoms with Gasteiger partial charge in [-0.2, -0.15) is 0 Å². The minimum absolute atomic E-state index is 0.188. The van der Waals surface area contributed by atoms with Gasteiger partial charge in [0.05, 0.1) is 0 Å². The van der Waals surface area contributed by atoms with Crippen LogP contribution in [-0.4, -0.2) is 29.7 Å². The molecule has 0 fully saturated rings. The summed E-state index contributed by atoms with van der Waals surface area (Å²) >= 11 is 1.05. The van der Waals surface area contributed by atoms with Crippen molar-refractivity contribution in [2.75, 3.05) is 19.3 Å². The van der Waals surface area contributed by atoms with Crippen molar-refractivity contribution in [3.63, 3.8) is 0 Å². The predicted molar refractivity (Wildman–Crippen MR) is 41.7 cm³/mol. The van der Waals surface area contributed by atoms with E-state index in [1.165, 1.54) is 7.05 Å². The second-order valence-electron chi connectivity index (χ2n) is 1.57. The molecule has 0 heterocycles. The Morgan fingerprint density at radius 1 is 1.60 bits per heavy atom. The zero-order valence-corrected chi connectivity index (χ0v) is 6.43. The van der Waals surface area contributed by atoms with Crippen molar-refractivity contribution in [3.05, 3.63) is 10.4 Å². The molecule has 60 valence electrons. The Bertz CT molecular complexity index is 124. The van der Waals surface area contributed by atoms with E-state index in [1.807, 2.05) is 5.53 Å². The normalized spacial score (nSPS) is 10.8. The van der Waals surface area contributed by atoms with Crippen molar-refractivity contribution in [2.24, 2.45) is 0 Å². The molecule has 0 aliphatic heterocycles. The number of nitrogens with one attached hydrogen (secondary N) is 1. The predicted octanol–water partition coefficient (Wildman–Crippen LogP) is -0.0424. The first-order chi connectivity index (χ1) is 4.66. The molecule has 0 spiro atoms. The van der Waals surface area contributed by atoms with E-state index in [0.29, 0.717) is 16.1 Å². The SMILES string of the molecule is C#SCCN([O-])NN(C)[O-]. The molecule has 0 saturated heterocycles. The summed E-state index contributed by atoms with van der Waals surface area (Å²) in [7, 11) is 1.19. The van der Waals surface area contributed by atoms with E-state index in [1.54, 1.807) is 0 Å². The third-order valence-corrected chi connectivity index (χ3v) is 1.08. The van der Waals surface area contributed by atoms with Crippen LogP contribution < -0.4 is 5.53 Å². The molecule has 0 unspecified atom stereocenters. The van der Waals surface area contributed by atoms with Gasteiger partial charge in [0, 0.05) is 12.3 Å². The van der Waals surface area contributed by atoms with E-state index in [4.69, 9.17) is 5.69 Å². The van der Waals surface area contributed by atoms with Gasteiger partial charge in [-0.25, -0.2) is 5.53 Å². The molecule has 1 N–H and O–H groups in total. The summed E-state index contributed by atoms with van der Waals surface area (Å²) in [6, 6.07) is 0. The summed E-state index contributed by atoms with van der Waals surface area (Å²) in [5, 5.41) is 21.4. The molecular formula is C4H9N3O2S-2. The van der Waals surface area contributed by atoms with Gasteiger partial charge in [-0.3, -0.25) is 0 Å². The largest absolute Gasteiger partial charge is 0.771 e. The molecule has 0 radical (unpaired) electrons. The fraction of sp³-hybridized carbons (Fsp3) is 0.750. The fourth-order valence-corrected chi connectivity index (χ4v) is 0.614. The first kappa shape index (κ1) is 9.80. The maximum Gasteiger partial charge on any atom is 0.0307 e. The van der Waals surface area contributed by atoms with Gasteiger partial charge in [-0.15, -0.1) is 16.9 Å². The lowest BCUT2D eigenvalue weighted by atomic mass is 10.8. The molecule has 0 aliphatic rings. The van der Waals surface area contributed by atoms with Crippen LogP contribution in [0.1, 0.15) is 0 Å². The molecule has 0 bridgehead atoms. The van der Waals surface area contributed by atoms with Gasteiger partial charge < -0.3 is 20.8 Å². The van der Waals surface area contributed by atoms with Gasteiger partial charge in [0.25, 0.3) is 0 Å². The highest BCUT2D eigenvalue weighted by Gasteiger charge is 1.85. The second kappa shape index (κ2) is 5.57. The molecule has 0 amide bonds. The van der Waals surface area contributed by atoms with Crippen LogP contribution in [0.15, 0.2) is 0 Å². The Morgan fingerprint density at radius 2 is 2.20 bits per heavy atom. The monoisotopic (exact) mass is 163 g/mol. The molecule has 0 saturated carbocycles. The molecule has 0 rings (SSSR count). The Balaban J connectivity index is 3.27. The van der Waals surface area contributed by atoms with Crippen molar-refractivity contribution in [3.8, 4) is 5.69 Å². The van der Waals surface area contributed by atoms with E-state index in [2.05, 4.69) is 0 Å². The zero-order chi connectivity index (χ0) is 7.98. The summed E-state index contributed by atoms with van der Waals surface area (Å²) in [5.41, 5.74) is 7.00. The Morgan fingerprint density at radius 3 is 2.60 bits per heavy atom. The van der Waals surface area contributed by atoms with Gasteiger partial charge in [-0.1, -0.05) is 0 Å². The quantitative estimate of drug-likeness (QED) is 0.589. The smallest absolute Gasteiger partial charge is 0.0307 e. The number of nitrogens with zero attached hydrogens (tertiary/aromatic N) is 2. The van der Waals surface area contributed by atoms with E-state index < -0.39 is 0 Å². The van der Waals surface area contributed by atoms with E-state index in [0.717, 1.165) is 11.2 Å². The van der Waals surface area contributed by atoms with Crippen molar-refractivity contribution in [1.29, 1.82) is 0 Å².